The number of amides is 1. The van der Waals surface area contributed by atoms with Gasteiger partial charge in [0.2, 0.25) is 0 Å². The van der Waals surface area contributed by atoms with Crippen molar-refractivity contribution in [2.24, 2.45) is 0 Å². The van der Waals surface area contributed by atoms with Crippen LogP contribution in [-0.4, -0.2) is 46.6 Å². The standard InChI is InChI=1S/C15H23N3O2/c1-2-16-14-8-7-12(10-17-14)15(20)18-9-5-3-4-6-13(18)11-19/h7-8,10,13,19H,2-6,9,11H2,1H3,(H,16,17). The van der Waals surface area contributed by atoms with Gasteiger partial charge in [-0.2, -0.15) is 0 Å². The highest BCUT2D eigenvalue weighted by molar-refractivity contribution is 5.94. The van der Waals surface area contributed by atoms with Gasteiger partial charge in [0.15, 0.2) is 0 Å². The number of hydrogen-bond acceptors (Lipinski definition) is 4. The molecular weight excluding hydrogens is 254 g/mol. The Morgan fingerprint density at radius 1 is 1.45 bits per heavy atom. The second-order valence-electron chi connectivity index (χ2n) is 5.15. The van der Waals surface area contributed by atoms with Crippen LogP contribution in [0.3, 0.4) is 0 Å². The minimum Gasteiger partial charge on any atom is -0.394 e. The van der Waals surface area contributed by atoms with Gasteiger partial charge in [0.25, 0.3) is 5.91 Å². The quantitative estimate of drug-likeness (QED) is 0.882. The largest absolute Gasteiger partial charge is 0.394 e. The third-order valence-corrected chi connectivity index (χ3v) is 3.72. The number of aromatic nitrogens is 1. The molecule has 1 aliphatic heterocycles. The van der Waals surface area contributed by atoms with Crippen molar-refractivity contribution >= 4 is 11.7 Å². The van der Waals surface area contributed by atoms with E-state index in [1.165, 1.54) is 0 Å². The van der Waals surface area contributed by atoms with E-state index in [0.717, 1.165) is 44.6 Å². The Kier molecular flexibility index (Phi) is 5.35. The van der Waals surface area contributed by atoms with Crippen LogP contribution in [0.15, 0.2) is 18.3 Å². The lowest BCUT2D eigenvalue weighted by molar-refractivity contribution is 0.0599. The van der Waals surface area contributed by atoms with Crippen LogP contribution in [0.25, 0.3) is 0 Å². The molecule has 5 heteroatoms. The van der Waals surface area contributed by atoms with Gasteiger partial charge in [0.1, 0.15) is 5.82 Å². The molecule has 0 spiro atoms. The summed E-state index contributed by atoms with van der Waals surface area (Å²) in [4.78, 5) is 18.6. The van der Waals surface area contributed by atoms with Gasteiger partial charge in [-0.25, -0.2) is 4.98 Å². The average molecular weight is 277 g/mol. The van der Waals surface area contributed by atoms with Gasteiger partial charge in [-0.15, -0.1) is 0 Å². The molecule has 0 aromatic carbocycles. The maximum atomic E-state index is 12.5. The molecule has 2 N–H and O–H groups in total. The van der Waals surface area contributed by atoms with Crippen LogP contribution >= 0.6 is 0 Å². The maximum absolute atomic E-state index is 12.5. The monoisotopic (exact) mass is 277 g/mol. The summed E-state index contributed by atoms with van der Waals surface area (Å²) in [6.45, 7) is 3.57. The summed E-state index contributed by atoms with van der Waals surface area (Å²) in [6.07, 6.45) is 5.69. The molecule has 0 aliphatic carbocycles. The average Bonchev–Trinajstić information content (AvgIpc) is 2.72. The molecule has 1 aromatic rings. The van der Waals surface area contributed by atoms with Crippen molar-refractivity contribution in [3.8, 4) is 0 Å². The molecule has 5 nitrogen and oxygen atoms in total. The summed E-state index contributed by atoms with van der Waals surface area (Å²) in [6, 6.07) is 3.56. The van der Waals surface area contributed by atoms with Gasteiger partial charge in [0.05, 0.1) is 18.2 Å². The van der Waals surface area contributed by atoms with E-state index in [9.17, 15) is 9.90 Å². The molecule has 0 saturated carbocycles. The van der Waals surface area contributed by atoms with Crippen LogP contribution in [0, 0.1) is 0 Å². The summed E-state index contributed by atoms with van der Waals surface area (Å²) in [7, 11) is 0. The summed E-state index contributed by atoms with van der Waals surface area (Å²) < 4.78 is 0. The highest BCUT2D eigenvalue weighted by Gasteiger charge is 2.25. The van der Waals surface area contributed by atoms with Crippen LogP contribution in [0.4, 0.5) is 5.82 Å². The van der Waals surface area contributed by atoms with Crippen molar-refractivity contribution < 1.29 is 9.90 Å². The minimum absolute atomic E-state index is 0.0264. The molecule has 1 aromatic heterocycles. The molecule has 1 unspecified atom stereocenters. The molecule has 1 amide bonds. The highest BCUT2D eigenvalue weighted by Crippen LogP contribution is 2.19. The fourth-order valence-corrected chi connectivity index (χ4v) is 2.61. The van der Waals surface area contributed by atoms with Gasteiger partial charge in [-0.1, -0.05) is 12.8 Å². The highest BCUT2D eigenvalue weighted by atomic mass is 16.3. The Morgan fingerprint density at radius 3 is 2.95 bits per heavy atom. The van der Waals surface area contributed by atoms with E-state index < -0.39 is 0 Å². The number of aliphatic hydroxyl groups excluding tert-OH is 1. The molecule has 0 bridgehead atoms. The van der Waals surface area contributed by atoms with Crippen molar-refractivity contribution in [1.82, 2.24) is 9.88 Å². The normalized spacial score (nSPS) is 19.5. The van der Waals surface area contributed by atoms with E-state index in [4.69, 9.17) is 0 Å². The first-order chi connectivity index (χ1) is 9.76. The molecule has 20 heavy (non-hydrogen) atoms. The third-order valence-electron chi connectivity index (χ3n) is 3.72. The predicted molar refractivity (Wildman–Crippen MR) is 78.8 cm³/mol. The summed E-state index contributed by atoms with van der Waals surface area (Å²) >= 11 is 0. The molecule has 1 aliphatic rings. The lowest BCUT2D eigenvalue weighted by Gasteiger charge is -2.28. The van der Waals surface area contributed by atoms with Crippen LogP contribution in [0.5, 0.6) is 0 Å². The summed E-state index contributed by atoms with van der Waals surface area (Å²) in [5, 5.41) is 12.6. The van der Waals surface area contributed by atoms with Crippen LogP contribution in [-0.2, 0) is 0 Å². The Labute approximate surface area is 120 Å². The maximum Gasteiger partial charge on any atom is 0.255 e. The first-order valence-electron chi connectivity index (χ1n) is 7.38. The van der Waals surface area contributed by atoms with Crippen LogP contribution in [0.1, 0.15) is 43.0 Å². The fraction of sp³-hybridized carbons (Fsp3) is 0.600. The van der Waals surface area contributed by atoms with E-state index in [1.54, 1.807) is 17.2 Å². The molecule has 0 radical (unpaired) electrons. The van der Waals surface area contributed by atoms with Crippen molar-refractivity contribution in [3.05, 3.63) is 23.9 Å². The van der Waals surface area contributed by atoms with Crippen molar-refractivity contribution in [3.63, 3.8) is 0 Å². The Morgan fingerprint density at radius 2 is 2.30 bits per heavy atom. The third kappa shape index (κ3) is 3.48. The second kappa shape index (κ2) is 7.24. The van der Waals surface area contributed by atoms with Crippen LogP contribution < -0.4 is 5.32 Å². The summed E-state index contributed by atoms with van der Waals surface area (Å²) in [5.74, 6) is 0.750. The Bertz CT molecular complexity index is 433. The number of hydrogen-bond donors (Lipinski definition) is 2. The Balaban J connectivity index is 2.11. The smallest absolute Gasteiger partial charge is 0.255 e. The van der Waals surface area contributed by atoms with Crippen molar-refractivity contribution in [2.75, 3.05) is 25.0 Å². The number of pyridine rings is 1. The van der Waals surface area contributed by atoms with E-state index in [0.29, 0.717) is 5.56 Å². The molecule has 2 rings (SSSR count). The zero-order valence-corrected chi connectivity index (χ0v) is 12.0. The van der Waals surface area contributed by atoms with Gasteiger partial charge < -0.3 is 15.3 Å². The number of anilines is 1. The van der Waals surface area contributed by atoms with Gasteiger partial charge >= 0.3 is 0 Å². The SMILES string of the molecule is CCNc1ccc(C(=O)N2CCCCCC2CO)cn1. The molecule has 1 fully saturated rings. The van der Waals surface area contributed by atoms with Gasteiger partial charge in [-0.3, -0.25) is 4.79 Å². The topological polar surface area (TPSA) is 65.5 Å². The molecule has 1 atom stereocenters. The number of carbonyl (C=O) groups is 1. The first-order valence-corrected chi connectivity index (χ1v) is 7.38. The lowest BCUT2D eigenvalue weighted by atomic mass is 10.1. The Hall–Kier alpha value is -1.62. The number of nitrogens with zero attached hydrogens (tertiary/aromatic N) is 2. The van der Waals surface area contributed by atoms with Gasteiger partial charge in [0, 0.05) is 19.3 Å². The van der Waals surface area contributed by atoms with E-state index in [-0.39, 0.29) is 18.6 Å². The number of aliphatic hydroxyl groups is 1. The van der Waals surface area contributed by atoms with E-state index >= 15 is 0 Å². The summed E-state index contributed by atoms with van der Waals surface area (Å²) in [5.41, 5.74) is 0.590. The first kappa shape index (κ1) is 14.8. The van der Waals surface area contributed by atoms with Crippen molar-refractivity contribution in [1.29, 1.82) is 0 Å². The number of carbonyl (C=O) groups excluding carboxylic acids is 1. The lowest BCUT2D eigenvalue weighted by Crippen LogP contribution is -2.42. The fourth-order valence-electron chi connectivity index (χ4n) is 2.61. The molecule has 1 saturated heterocycles. The second-order valence-corrected chi connectivity index (χ2v) is 5.15. The number of likely N-dealkylation sites (tertiary alicyclic amines) is 1. The molecule has 110 valence electrons. The number of nitrogens with one attached hydrogen (secondary N) is 1. The van der Waals surface area contributed by atoms with Gasteiger partial charge in [-0.05, 0) is 31.9 Å². The van der Waals surface area contributed by atoms with Crippen LogP contribution in [0.2, 0.25) is 0 Å². The zero-order valence-electron chi connectivity index (χ0n) is 12.0. The predicted octanol–water partition coefficient (Wildman–Crippen LogP) is 1.89. The zero-order chi connectivity index (χ0) is 14.4. The number of rotatable bonds is 4. The van der Waals surface area contributed by atoms with E-state index in [2.05, 4.69) is 10.3 Å². The van der Waals surface area contributed by atoms with Crippen molar-refractivity contribution in [2.45, 2.75) is 38.6 Å². The van der Waals surface area contributed by atoms with E-state index in [1.807, 2.05) is 13.0 Å². The molecule has 2 heterocycles. The molecular formula is C15H23N3O2. The minimum atomic E-state index is -0.0570.